The fraction of sp³-hybridized carbons (Fsp3) is 0.632. The minimum absolute atomic E-state index is 0.0344. The van der Waals surface area contributed by atoms with Gasteiger partial charge < -0.3 is 4.74 Å². The maximum Gasteiger partial charge on any atom is 0.134 e. The molecule has 1 aromatic carbocycles. The zero-order valence-electron chi connectivity index (χ0n) is 14.6. The maximum atomic E-state index is 13.7. The summed E-state index contributed by atoms with van der Waals surface area (Å²) in [5, 5.41) is 8.91. The van der Waals surface area contributed by atoms with Crippen molar-refractivity contribution in [2.45, 2.75) is 52.2 Å². The molecule has 0 bridgehead atoms. The fourth-order valence-corrected chi connectivity index (χ4v) is 3.39. The van der Waals surface area contributed by atoms with Crippen molar-refractivity contribution in [1.82, 2.24) is 4.90 Å². The summed E-state index contributed by atoms with van der Waals surface area (Å²) in [6.07, 6.45) is 1.91. The van der Waals surface area contributed by atoms with Crippen LogP contribution in [-0.4, -0.2) is 30.1 Å². The molecule has 2 atom stereocenters. The highest BCUT2D eigenvalue weighted by Gasteiger charge is 2.34. The van der Waals surface area contributed by atoms with Gasteiger partial charge in [-0.2, -0.15) is 5.26 Å². The molecule has 1 unspecified atom stereocenters. The predicted molar refractivity (Wildman–Crippen MR) is 89.5 cm³/mol. The minimum Gasteiger partial charge on any atom is -0.358 e. The number of benzene rings is 1. The van der Waals surface area contributed by atoms with Gasteiger partial charge in [-0.15, -0.1) is 0 Å². The first-order valence-corrected chi connectivity index (χ1v) is 8.32. The zero-order chi connectivity index (χ0) is 17.0. The number of nitriles is 1. The highest BCUT2D eigenvalue weighted by molar-refractivity contribution is 5.29. The molecule has 0 aliphatic carbocycles. The molecule has 1 aliphatic rings. The van der Waals surface area contributed by atoms with Crippen LogP contribution in [-0.2, 0) is 4.74 Å². The van der Waals surface area contributed by atoms with Gasteiger partial charge in [0.1, 0.15) is 12.4 Å². The summed E-state index contributed by atoms with van der Waals surface area (Å²) in [7, 11) is 0. The molecule has 0 radical (unpaired) electrons. The van der Waals surface area contributed by atoms with E-state index in [2.05, 4.69) is 31.7 Å². The SMILES string of the molecule is Cc1ccc(F)cc1[C@H](OCC#N)C1CCCN(C(C)(C)C)C1. The lowest BCUT2D eigenvalue weighted by Crippen LogP contribution is -2.48. The topological polar surface area (TPSA) is 36.3 Å². The predicted octanol–water partition coefficient (Wildman–Crippen LogP) is 4.23. The van der Waals surface area contributed by atoms with Gasteiger partial charge in [0.05, 0.1) is 12.2 Å². The van der Waals surface area contributed by atoms with E-state index < -0.39 is 0 Å². The van der Waals surface area contributed by atoms with E-state index >= 15 is 0 Å². The quantitative estimate of drug-likeness (QED) is 0.833. The Hall–Kier alpha value is -1.44. The van der Waals surface area contributed by atoms with Gasteiger partial charge in [0.15, 0.2) is 0 Å². The Bertz CT molecular complexity index is 574. The number of rotatable bonds is 4. The number of halogens is 1. The Morgan fingerprint density at radius 3 is 2.83 bits per heavy atom. The second-order valence-electron chi connectivity index (χ2n) is 7.41. The summed E-state index contributed by atoms with van der Waals surface area (Å²) in [4.78, 5) is 2.46. The van der Waals surface area contributed by atoms with E-state index in [0.717, 1.165) is 37.1 Å². The third-order valence-electron chi connectivity index (χ3n) is 4.71. The monoisotopic (exact) mass is 318 g/mol. The van der Waals surface area contributed by atoms with Gasteiger partial charge in [-0.05, 0) is 70.3 Å². The van der Waals surface area contributed by atoms with Crippen LogP contribution >= 0.6 is 0 Å². The van der Waals surface area contributed by atoms with Gasteiger partial charge in [0, 0.05) is 18.0 Å². The Morgan fingerprint density at radius 2 is 2.17 bits per heavy atom. The molecule has 1 fully saturated rings. The number of hydrogen-bond acceptors (Lipinski definition) is 3. The molecular weight excluding hydrogens is 291 g/mol. The molecule has 126 valence electrons. The number of nitrogens with zero attached hydrogens (tertiary/aromatic N) is 2. The van der Waals surface area contributed by atoms with E-state index in [9.17, 15) is 4.39 Å². The van der Waals surface area contributed by atoms with E-state index in [1.165, 1.54) is 6.07 Å². The number of hydrogen-bond donors (Lipinski definition) is 0. The van der Waals surface area contributed by atoms with Crippen molar-refractivity contribution in [2.75, 3.05) is 19.7 Å². The molecule has 1 aliphatic heterocycles. The summed E-state index contributed by atoms with van der Waals surface area (Å²) in [5.41, 5.74) is 2.00. The fourth-order valence-electron chi connectivity index (χ4n) is 3.39. The van der Waals surface area contributed by atoms with Gasteiger partial charge in [-0.1, -0.05) is 6.07 Å². The second-order valence-corrected chi connectivity index (χ2v) is 7.41. The number of piperidine rings is 1. The molecule has 4 heteroatoms. The third kappa shape index (κ3) is 4.53. The lowest BCUT2D eigenvalue weighted by atomic mass is 9.85. The van der Waals surface area contributed by atoms with Gasteiger partial charge in [0.25, 0.3) is 0 Å². The van der Waals surface area contributed by atoms with Crippen LogP contribution in [0.4, 0.5) is 4.39 Å². The molecule has 3 nitrogen and oxygen atoms in total. The average Bonchev–Trinajstić information content (AvgIpc) is 2.50. The molecule has 0 spiro atoms. The van der Waals surface area contributed by atoms with Gasteiger partial charge in [0.2, 0.25) is 0 Å². The van der Waals surface area contributed by atoms with Crippen LogP contribution in [0.2, 0.25) is 0 Å². The van der Waals surface area contributed by atoms with Crippen molar-refractivity contribution in [3.63, 3.8) is 0 Å². The van der Waals surface area contributed by atoms with Crippen LogP contribution in [0.15, 0.2) is 18.2 Å². The lowest BCUT2D eigenvalue weighted by Gasteiger charge is -2.43. The van der Waals surface area contributed by atoms with Crippen LogP contribution < -0.4 is 0 Å². The number of aryl methyl sites for hydroxylation is 1. The first-order valence-electron chi connectivity index (χ1n) is 8.32. The molecule has 0 amide bonds. The van der Waals surface area contributed by atoms with Crippen LogP contribution in [0.1, 0.15) is 50.8 Å². The number of ether oxygens (including phenoxy) is 1. The Kier molecular flexibility index (Phi) is 5.78. The highest BCUT2D eigenvalue weighted by Crippen LogP contribution is 2.36. The standard InChI is InChI=1S/C19H27FN2O/c1-14-7-8-16(20)12-17(14)18(23-11-9-21)15-6-5-10-22(13-15)19(2,3)4/h7-8,12,15,18H,5-6,10-11,13H2,1-4H3/t15?,18-/m1/s1. The summed E-state index contributed by atoms with van der Waals surface area (Å²) in [6.45, 7) is 10.6. The number of likely N-dealkylation sites (tertiary alicyclic amines) is 1. The zero-order valence-corrected chi connectivity index (χ0v) is 14.6. The van der Waals surface area contributed by atoms with Crippen molar-refractivity contribution in [3.8, 4) is 6.07 Å². The van der Waals surface area contributed by atoms with Crippen LogP contribution in [0.3, 0.4) is 0 Å². The van der Waals surface area contributed by atoms with E-state index in [-0.39, 0.29) is 30.0 Å². The van der Waals surface area contributed by atoms with Gasteiger partial charge in [-0.25, -0.2) is 4.39 Å². The van der Waals surface area contributed by atoms with Crippen molar-refractivity contribution in [3.05, 3.63) is 35.1 Å². The van der Waals surface area contributed by atoms with Gasteiger partial charge in [-0.3, -0.25) is 4.90 Å². The normalized spacial score (nSPS) is 21.0. The molecule has 23 heavy (non-hydrogen) atoms. The van der Waals surface area contributed by atoms with Crippen LogP contribution in [0.25, 0.3) is 0 Å². The Morgan fingerprint density at radius 1 is 1.43 bits per heavy atom. The average molecular weight is 318 g/mol. The van der Waals surface area contributed by atoms with Crippen molar-refractivity contribution in [2.24, 2.45) is 5.92 Å². The Balaban J connectivity index is 2.27. The molecule has 1 heterocycles. The van der Waals surface area contributed by atoms with E-state index in [4.69, 9.17) is 10.00 Å². The van der Waals surface area contributed by atoms with Crippen molar-refractivity contribution in [1.29, 1.82) is 5.26 Å². The van der Waals surface area contributed by atoms with E-state index in [1.54, 1.807) is 12.1 Å². The smallest absolute Gasteiger partial charge is 0.134 e. The van der Waals surface area contributed by atoms with Gasteiger partial charge >= 0.3 is 0 Å². The largest absolute Gasteiger partial charge is 0.358 e. The minimum atomic E-state index is -0.250. The molecule has 1 saturated heterocycles. The second kappa shape index (κ2) is 7.42. The Labute approximate surface area is 139 Å². The van der Waals surface area contributed by atoms with E-state index in [0.29, 0.717) is 0 Å². The van der Waals surface area contributed by atoms with Crippen LogP contribution in [0, 0.1) is 30.0 Å². The first kappa shape index (κ1) is 17.9. The molecular formula is C19H27FN2O. The molecule has 0 N–H and O–H groups in total. The third-order valence-corrected chi connectivity index (χ3v) is 4.71. The molecule has 0 saturated carbocycles. The molecule has 1 aromatic rings. The summed E-state index contributed by atoms with van der Waals surface area (Å²) < 4.78 is 19.6. The summed E-state index contributed by atoms with van der Waals surface area (Å²) in [6, 6.07) is 6.88. The lowest BCUT2D eigenvalue weighted by molar-refractivity contribution is -0.0206. The maximum absolute atomic E-state index is 13.7. The molecule has 0 aromatic heterocycles. The van der Waals surface area contributed by atoms with Crippen LogP contribution in [0.5, 0.6) is 0 Å². The first-order chi connectivity index (χ1) is 10.8. The van der Waals surface area contributed by atoms with Crippen molar-refractivity contribution >= 4 is 0 Å². The summed E-state index contributed by atoms with van der Waals surface area (Å²) >= 11 is 0. The summed E-state index contributed by atoms with van der Waals surface area (Å²) in [5.74, 6) is 0.0245. The highest BCUT2D eigenvalue weighted by atomic mass is 19.1. The van der Waals surface area contributed by atoms with Crippen molar-refractivity contribution < 1.29 is 9.13 Å². The molecule has 2 rings (SSSR count). The van der Waals surface area contributed by atoms with E-state index in [1.807, 2.05) is 6.92 Å².